The van der Waals surface area contributed by atoms with Crippen molar-refractivity contribution in [2.75, 3.05) is 6.61 Å². The number of rotatable bonds is 18. The van der Waals surface area contributed by atoms with E-state index in [0.29, 0.717) is 0 Å². The minimum atomic E-state index is -1.33. The molecule has 0 aromatic heterocycles. The molecule has 0 aromatic rings. The Labute approximate surface area is 149 Å². The summed E-state index contributed by atoms with van der Waals surface area (Å²) in [5, 5.41) is 0. The molecule has 0 heterocycles. The van der Waals surface area contributed by atoms with Gasteiger partial charge in [-0.15, -0.1) is 0 Å². The second kappa shape index (κ2) is 17.0. The van der Waals surface area contributed by atoms with Crippen LogP contribution in [0.25, 0.3) is 0 Å². The van der Waals surface area contributed by atoms with Crippen LogP contribution in [0.4, 0.5) is 0 Å². The Kier molecular flexibility index (Phi) is 17.1. The van der Waals surface area contributed by atoms with E-state index in [9.17, 15) is 0 Å². The third-order valence-electron chi connectivity index (χ3n) is 4.83. The molecule has 1 nitrogen and oxygen atoms in total. The van der Waals surface area contributed by atoms with Gasteiger partial charge in [-0.3, -0.25) is 0 Å². The molecule has 0 N–H and O–H groups in total. The normalized spacial score (nSPS) is 12.0. The lowest BCUT2D eigenvalue weighted by Gasteiger charge is -2.22. The van der Waals surface area contributed by atoms with E-state index < -0.39 is 8.32 Å². The van der Waals surface area contributed by atoms with Gasteiger partial charge in [0, 0.05) is 6.61 Å². The summed E-state index contributed by atoms with van der Waals surface area (Å²) in [7, 11) is -1.33. The van der Waals surface area contributed by atoms with Gasteiger partial charge in [0.05, 0.1) is 0 Å². The van der Waals surface area contributed by atoms with Crippen LogP contribution in [0.2, 0.25) is 19.1 Å². The van der Waals surface area contributed by atoms with E-state index in [1.54, 1.807) is 0 Å². The van der Waals surface area contributed by atoms with Crippen LogP contribution in [0.1, 0.15) is 110 Å². The van der Waals surface area contributed by atoms with E-state index in [1.165, 1.54) is 95.9 Å². The Morgan fingerprint density at radius 1 is 0.522 bits per heavy atom. The third kappa shape index (κ3) is 18.4. The SMILES string of the molecule is CCCCCCCCCCCCCCCC[Si](C)(C)OCCC. The predicted molar refractivity (Wildman–Crippen MR) is 109 cm³/mol. The molecule has 23 heavy (non-hydrogen) atoms. The fourth-order valence-electron chi connectivity index (χ4n) is 3.20. The lowest BCUT2D eigenvalue weighted by atomic mass is 10.0. The monoisotopic (exact) mass is 342 g/mol. The van der Waals surface area contributed by atoms with Crippen molar-refractivity contribution in [1.82, 2.24) is 0 Å². The van der Waals surface area contributed by atoms with Crippen molar-refractivity contribution in [2.24, 2.45) is 0 Å². The molecule has 0 rings (SSSR count). The van der Waals surface area contributed by atoms with Crippen molar-refractivity contribution in [3.05, 3.63) is 0 Å². The molecule has 0 spiro atoms. The van der Waals surface area contributed by atoms with Gasteiger partial charge in [0.15, 0.2) is 8.32 Å². The molecule has 0 bridgehead atoms. The molecule has 0 saturated carbocycles. The summed E-state index contributed by atoms with van der Waals surface area (Å²) in [4.78, 5) is 0. The summed E-state index contributed by atoms with van der Waals surface area (Å²) in [6.45, 7) is 10.2. The molecule has 0 amide bonds. The highest BCUT2D eigenvalue weighted by atomic mass is 28.4. The van der Waals surface area contributed by atoms with E-state index in [2.05, 4.69) is 26.9 Å². The zero-order valence-corrected chi connectivity index (χ0v) is 17.9. The molecule has 0 aliphatic carbocycles. The quantitative estimate of drug-likeness (QED) is 0.180. The standard InChI is InChI=1S/C21H46OSi/c1-5-7-8-9-10-11-12-13-14-15-16-17-18-19-21-23(3,4)22-20-6-2/h5-21H2,1-4H3. The molecule has 0 fully saturated rings. The van der Waals surface area contributed by atoms with Gasteiger partial charge in [-0.25, -0.2) is 0 Å². The van der Waals surface area contributed by atoms with Crippen LogP contribution in [0.5, 0.6) is 0 Å². The average Bonchev–Trinajstić information content (AvgIpc) is 2.53. The third-order valence-corrected chi connectivity index (χ3v) is 7.37. The second-order valence-electron chi connectivity index (χ2n) is 7.95. The molecule has 0 saturated heterocycles. The second-order valence-corrected chi connectivity index (χ2v) is 12.3. The highest BCUT2D eigenvalue weighted by Gasteiger charge is 2.20. The first kappa shape index (κ1) is 23.2. The Hall–Kier alpha value is 0.177. The van der Waals surface area contributed by atoms with Crippen molar-refractivity contribution in [3.8, 4) is 0 Å². The van der Waals surface area contributed by atoms with Gasteiger partial charge >= 0.3 is 0 Å². The molecule has 2 heteroatoms. The fourth-order valence-corrected chi connectivity index (χ4v) is 5.20. The highest BCUT2D eigenvalue weighted by molar-refractivity contribution is 6.71. The zero-order chi connectivity index (χ0) is 17.2. The van der Waals surface area contributed by atoms with E-state index >= 15 is 0 Å². The first-order valence-electron chi connectivity index (χ1n) is 10.8. The maximum absolute atomic E-state index is 6.03. The predicted octanol–water partition coefficient (Wildman–Crippen LogP) is 8.10. The van der Waals surface area contributed by atoms with Gasteiger partial charge in [-0.1, -0.05) is 104 Å². The van der Waals surface area contributed by atoms with Gasteiger partial charge in [0.25, 0.3) is 0 Å². The van der Waals surface area contributed by atoms with Crippen molar-refractivity contribution in [3.63, 3.8) is 0 Å². The molecule has 0 aliphatic rings. The van der Waals surface area contributed by atoms with E-state index in [-0.39, 0.29) is 0 Å². The highest BCUT2D eigenvalue weighted by Crippen LogP contribution is 2.18. The minimum Gasteiger partial charge on any atom is -0.417 e. The fraction of sp³-hybridized carbons (Fsp3) is 1.00. The lowest BCUT2D eigenvalue weighted by Crippen LogP contribution is -2.30. The molecule has 0 unspecified atom stereocenters. The smallest absolute Gasteiger partial charge is 0.186 e. The van der Waals surface area contributed by atoms with E-state index in [0.717, 1.165) is 13.0 Å². The van der Waals surface area contributed by atoms with E-state index in [4.69, 9.17) is 4.43 Å². The number of hydrogen-bond donors (Lipinski definition) is 0. The van der Waals surface area contributed by atoms with Crippen molar-refractivity contribution in [1.29, 1.82) is 0 Å². The van der Waals surface area contributed by atoms with Crippen molar-refractivity contribution in [2.45, 2.75) is 129 Å². The van der Waals surface area contributed by atoms with Gasteiger partial charge in [0.2, 0.25) is 0 Å². The summed E-state index contributed by atoms with van der Waals surface area (Å²) < 4.78 is 6.03. The van der Waals surface area contributed by atoms with Gasteiger partial charge in [-0.05, 0) is 25.6 Å². The summed E-state index contributed by atoms with van der Waals surface area (Å²) in [5.74, 6) is 0. The maximum atomic E-state index is 6.03. The molecular weight excluding hydrogens is 296 g/mol. The molecule has 0 atom stereocenters. The van der Waals surface area contributed by atoms with Crippen LogP contribution < -0.4 is 0 Å². The Balaban J connectivity index is 3.16. The van der Waals surface area contributed by atoms with Crippen LogP contribution >= 0.6 is 0 Å². The van der Waals surface area contributed by atoms with Crippen LogP contribution in [-0.2, 0) is 4.43 Å². The Morgan fingerprint density at radius 3 is 1.30 bits per heavy atom. The largest absolute Gasteiger partial charge is 0.417 e. The van der Waals surface area contributed by atoms with Crippen LogP contribution in [0, 0.1) is 0 Å². The first-order chi connectivity index (χ1) is 11.1. The molecule has 140 valence electrons. The van der Waals surface area contributed by atoms with Gasteiger partial charge in [-0.2, -0.15) is 0 Å². The minimum absolute atomic E-state index is 0.970. The maximum Gasteiger partial charge on any atom is 0.186 e. The van der Waals surface area contributed by atoms with Gasteiger partial charge < -0.3 is 4.43 Å². The van der Waals surface area contributed by atoms with Crippen molar-refractivity contribution >= 4 is 8.32 Å². The van der Waals surface area contributed by atoms with E-state index in [1.807, 2.05) is 0 Å². The lowest BCUT2D eigenvalue weighted by molar-refractivity contribution is 0.305. The van der Waals surface area contributed by atoms with Crippen LogP contribution in [0.15, 0.2) is 0 Å². The Bertz CT molecular complexity index is 228. The van der Waals surface area contributed by atoms with Crippen LogP contribution in [0.3, 0.4) is 0 Å². The topological polar surface area (TPSA) is 9.23 Å². The zero-order valence-electron chi connectivity index (χ0n) is 16.9. The number of unbranched alkanes of at least 4 members (excludes halogenated alkanes) is 13. The Morgan fingerprint density at radius 2 is 0.913 bits per heavy atom. The van der Waals surface area contributed by atoms with Crippen LogP contribution in [-0.4, -0.2) is 14.9 Å². The van der Waals surface area contributed by atoms with Crippen molar-refractivity contribution < 1.29 is 4.43 Å². The summed E-state index contributed by atoms with van der Waals surface area (Å²) >= 11 is 0. The number of hydrogen-bond acceptors (Lipinski definition) is 1. The summed E-state index contributed by atoms with van der Waals surface area (Å²) in [6.07, 6.45) is 21.4. The first-order valence-corrected chi connectivity index (χ1v) is 13.9. The summed E-state index contributed by atoms with van der Waals surface area (Å²) in [5.41, 5.74) is 0. The molecular formula is C21H46OSi. The molecule has 0 aromatic carbocycles. The summed E-state index contributed by atoms with van der Waals surface area (Å²) in [6, 6.07) is 1.35. The average molecular weight is 343 g/mol. The molecule has 0 aliphatic heterocycles. The van der Waals surface area contributed by atoms with Gasteiger partial charge in [0.1, 0.15) is 0 Å². The molecule has 0 radical (unpaired) electrons.